The van der Waals surface area contributed by atoms with E-state index < -0.39 is 5.97 Å². The maximum absolute atomic E-state index is 12.3. The number of rotatable bonds is 5. The van der Waals surface area contributed by atoms with Crippen LogP contribution >= 0.6 is 11.3 Å². The van der Waals surface area contributed by atoms with Gasteiger partial charge in [-0.3, -0.25) is 9.59 Å². The molecule has 0 saturated heterocycles. The summed E-state index contributed by atoms with van der Waals surface area (Å²) in [6, 6.07) is 8.99. The minimum Gasteiger partial charge on any atom is -0.481 e. The minimum absolute atomic E-state index is 0.106. The van der Waals surface area contributed by atoms with Crippen LogP contribution in [-0.4, -0.2) is 28.5 Å². The van der Waals surface area contributed by atoms with Crippen molar-refractivity contribution in [2.75, 3.05) is 11.4 Å². The number of anilines is 1. The van der Waals surface area contributed by atoms with Crippen LogP contribution in [0.4, 0.5) is 5.69 Å². The number of para-hydroxylation sites is 1. The van der Waals surface area contributed by atoms with Crippen molar-refractivity contribution in [3.8, 4) is 0 Å². The average Bonchev–Trinajstić information content (AvgIpc) is 2.93. The second-order valence-electron chi connectivity index (χ2n) is 3.81. The zero-order chi connectivity index (χ0) is 13.7. The second kappa shape index (κ2) is 6.10. The summed E-state index contributed by atoms with van der Waals surface area (Å²) in [5.41, 5.74) is 2.58. The van der Waals surface area contributed by atoms with Crippen LogP contribution in [0, 0.1) is 0 Å². The van der Waals surface area contributed by atoms with Gasteiger partial charge >= 0.3 is 5.97 Å². The molecule has 0 bridgehead atoms. The SMILES string of the molecule is O=C(O)CCN(C(=O)c1cscn1)c1ccccc1. The third-order valence-electron chi connectivity index (χ3n) is 2.51. The summed E-state index contributed by atoms with van der Waals surface area (Å²) >= 11 is 1.33. The van der Waals surface area contributed by atoms with Gasteiger partial charge in [-0.15, -0.1) is 11.3 Å². The molecule has 2 aromatic rings. The normalized spacial score (nSPS) is 10.1. The number of hydrogen-bond donors (Lipinski definition) is 1. The third-order valence-corrected chi connectivity index (χ3v) is 3.10. The first-order valence-corrected chi connectivity index (χ1v) is 6.59. The molecule has 0 radical (unpaired) electrons. The van der Waals surface area contributed by atoms with Crippen LogP contribution in [0.5, 0.6) is 0 Å². The van der Waals surface area contributed by atoms with E-state index in [1.54, 1.807) is 35.2 Å². The van der Waals surface area contributed by atoms with Crippen LogP contribution in [0.2, 0.25) is 0 Å². The van der Waals surface area contributed by atoms with Crippen molar-refractivity contribution in [2.24, 2.45) is 0 Å². The van der Waals surface area contributed by atoms with Gasteiger partial charge in [0.25, 0.3) is 5.91 Å². The Balaban J connectivity index is 2.24. The highest BCUT2D eigenvalue weighted by atomic mass is 32.1. The predicted molar refractivity (Wildman–Crippen MR) is 72.5 cm³/mol. The number of carboxylic acid groups (broad SMARTS) is 1. The van der Waals surface area contributed by atoms with Gasteiger partial charge in [-0.2, -0.15) is 0 Å². The van der Waals surface area contributed by atoms with E-state index in [1.807, 2.05) is 6.07 Å². The second-order valence-corrected chi connectivity index (χ2v) is 4.53. The van der Waals surface area contributed by atoms with Crippen molar-refractivity contribution in [3.63, 3.8) is 0 Å². The molecule has 1 aromatic carbocycles. The first kappa shape index (κ1) is 13.2. The van der Waals surface area contributed by atoms with Crippen LogP contribution in [0.15, 0.2) is 41.2 Å². The van der Waals surface area contributed by atoms with Gasteiger partial charge in [-0.05, 0) is 12.1 Å². The van der Waals surface area contributed by atoms with Crippen LogP contribution in [0.3, 0.4) is 0 Å². The van der Waals surface area contributed by atoms with E-state index in [0.29, 0.717) is 11.4 Å². The molecular formula is C13H12N2O3S. The molecule has 0 unspecified atom stereocenters. The van der Waals surface area contributed by atoms with E-state index in [9.17, 15) is 9.59 Å². The Kier molecular flexibility index (Phi) is 4.25. The van der Waals surface area contributed by atoms with Crippen LogP contribution in [0.25, 0.3) is 0 Å². The zero-order valence-electron chi connectivity index (χ0n) is 10.0. The molecule has 19 heavy (non-hydrogen) atoms. The zero-order valence-corrected chi connectivity index (χ0v) is 10.8. The highest BCUT2D eigenvalue weighted by Gasteiger charge is 2.19. The number of carboxylic acids is 1. The number of aromatic nitrogens is 1. The fraction of sp³-hybridized carbons (Fsp3) is 0.154. The van der Waals surface area contributed by atoms with Crippen molar-refractivity contribution in [3.05, 3.63) is 46.9 Å². The summed E-state index contributed by atoms with van der Waals surface area (Å²) in [5.74, 6) is -1.22. The molecule has 1 heterocycles. The molecule has 1 amide bonds. The smallest absolute Gasteiger partial charge is 0.305 e. The van der Waals surface area contributed by atoms with Crippen molar-refractivity contribution in [1.82, 2.24) is 4.98 Å². The molecule has 0 spiro atoms. The fourth-order valence-corrected chi connectivity index (χ4v) is 2.15. The van der Waals surface area contributed by atoms with Crippen molar-refractivity contribution in [2.45, 2.75) is 6.42 Å². The van der Waals surface area contributed by atoms with E-state index in [4.69, 9.17) is 5.11 Å². The van der Waals surface area contributed by atoms with Gasteiger partial charge in [0.15, 0.2) is 0 Å². The van der Waals surface area contributed by atoms with Crippen LogP contribution in [0.1, 0.15) is 16.9 Å². The summed E-state index contributed by atoms with van der Waals surface area (Å²) in [6.45, 7) is 0.121. The lowest BCUT2D eigenvalue weighted by molar-refractivity contribution is -0.136. The lowest BCUT2D eigenvalue weighted by atomic mass is 10.2. The van der Waals surface area contributed by atoms with Gasteiger partial charge in [0.2, 0.25) is 0 Å². The van der Waals surface area contributed by atoms with Gasteiger partial charge in [-0.25, -0.2) is 4.98 Å². The minimum atomic E-state index is -0.938. The van der Waals surface area contributed by atoms with Gasteiger partial charge in [0.05, 0.1) is 11.9 Å². The first-order valence-electron chi connectivity index (χ1n) is 5.65. The van der Waals surface area contributed by atoms with Crippen molar-refractivity contribution in [1.29, 1.82) is 0 Å². The molecule has 0 aliphatic rings. The molecule has 0 saturated carbocycles. The highest BCUT2D eigenvalue weighted by molar-refractivity contribution is 7.07. The van der Waals surface area contributed by atoms with E-state index in [2.05, 4.69) is 4.98 Å². The highest BCUT2D eigenvalue weighted by Crippen LogP contribution is 2.17. The molecule has 1 aromatic heterocycles. The van der Waals surface area contributed by atoms with Gasteiger partial charge < -0.3 is 10.0 Å². The Bertz CT molecular complexity index is 555. The number of carbonyl (C=O) groups excluding carboxylic acids is 1. The molecule has 6 heteroatoms. The van der Waals surface area contributed by atoms with E-state index in [1.165, 1.54) is 16.2 Å². The average molecular weight is 276 g/mol. The van der Waals surface area contributed by atoms with Crippen molar-refractivity contribution >= 4 is 28.9 Å². The number of carbonyl (C=O) groups is 2. The first-order chi connectivity index (χ1) is 9.18. The fourth-order valence-electron chi connectivity index (χ4n) is 1.62. The standard InChI is InChI=1S/C13H12N2O3S/c16-12(17)6-7-15(10-4-2-1-3-5-10)13(18)11-8-19-9-14-11/h1-5,8-9H,6-7H2,(H,16,17). The quantitative estimate of drug-likeness (QED) is 0.909. The van der Waals surface area contributed by atoms with Crippen LogP contribution < -0.4 is 4.90 Å². The molecule has 0 aliphatic carbocycles. The monoisotopic (exact) mass is 276 g/mol. The number of thiazole rings is 1. The molecule has 0 fully saturated rings. The Morgan fingerprint density at radius 3 is 2.58 bits per heavy atom. The predicted octanol–water partition coefficient (Wildman–Crippen LogP) is 2.26. The summed E-state index contributed by atoms with van der Waals surface area (Å²) in [6.07, 6.45) is -0.106. The van der Waals surface area contributed by atoms with Gasteiger partial charge in [0.1, 0.15) is 5.69 Å². The van der Waals surface area contributed by atoms with Crippen molar-refractivity contribution < 1.29 is 14.7 Å². The van der Waals surface area contributed by atoms with E-state index in [0.717, 1.165) is 0 Å². The molecule has 98 valence electrons. The number of hydrogen-bond acceptors (Lipinski definition) is 4. The number of nitrogens with zero attached hydrogens (tertiary/aromatic N) is 2. The molecule has 2 rings (SSSR count). The molecular weight excluding hydrogens is 264 g/mol. The van der Waals surface area contributed by atoms with Gasteiger partial charge in [0, 0.05) is 17.6 Å². The Hall–Kier alpha value is -2.21. The summed E-state index contributed by atoms with van der Waals surface area (Å²) in [7, 11) is 0. The van der Waals surface area contributed by atoms with E-state index in [-0.39, 0.29) is 18.9 Å². The summed E-state index contributed by atoms with van der Waals surface area (Å²) < 4.78 is 0. The molecule has 1 N–H and O–H groups in total. The molecule has 5 nitrogen and oxygen atoms in total. The topological polar surface area (TPSA) is 70.5 Å². The summed E-state index contributed by atoms with van der Waals surface area (Å²) in [4.78, 5) is 28.4. The number of aliphatic carboxylic acids is 1. The van der Waals surface area contributed by atoms with Gasteiger partial charge in [-0.1, -0.05) is 18.2 Å². The van der Waals surface area contributed by atoms with Crippen LogP contribution in [-0.2, 0) is 4.79 Å². The Morgan fingerprint density at radius 2 is 2.00 bits per heavy atom. The molecule has 0 atom stereocenters. The lowest BCUT2D eigenvalue weighted by Crippen LogP contribution is -2.33. The lowest BCUT2D eigenvalue weighted by Gasteiger charge is -2.21. The summed E-state index contributed by atoms with van der Waals surface area (Å²) in [5, 5.41) is 10.4. The maximum Gasteiger partial charge on any atom is 0.305 e. The Labute approximate surface area is 114 Å². The number of amides is 1. The maximum atomic E-state index is 12.3. The number of benzene rings is 1. The molecule has 0 aliphatic heterocycles. The largest absolute Gasteiger partial charge is 0.481 e. The Morgan fingerprint density at radius 1 is 1.26 bits per heavy atom. The van der Waals surface area contributed by atoms with E-state index >= 15 is 0 Å². The third kappa shape index (κ3) is 3.38.